The van der Waals surface area contributed by atoms with Gasteiger partial charge < -0.3 is 9.47 Å². The molecule has 0 bridgehead atoms. The third-order valence-corrected chi connectivity index (χ3v) is 1.74. The van der Waals surface area contributed by atoms with Crippen molar-refractivity contribution in [3.05, 3.63) is 28.8 Å². The summed E-state index contributed by atoms with van der Waals surface area (Å²) in [7, 11) is 1.50. The van der Waals surface area contributed by atoms with E-state index in [-0.39, 0.29) is 6.79 Å². The molecule has 0 amide bonds. The van der Waals surface area contributed by atoms with Gasteiger partial charge in [0, 0.05) is 7.11 Å². The summed E-state index contributed by atoms with van der Waals surface area (Å²) in [6.45, 7) is 0.0740. The summed E-state index contributed by atoms with van der Waals surface area (Å²) < 4.78 is 9.83. The van der Waals surface area contributed by atoms with Gasteiger partial charge in [0.2, 0.25) is 0 Å². The first kappa shape index (κ1) is 10.0. The van der Waals surface area contributed by atoms with Crippen LogP contribution in [0.15, 0.2) is 18.2 Å². The molecule has 0 radical (unpaired) electrons. The second-order valence-corrected chi connectivity index (χ2v) is 2.73. The zero-order valence-corrected chi connectivity index (χ0v) is 7.88. The Hall–Kier alpha value is -1.06. The van der Waals surface area contributed by atoms with Crippen molar-refractivity contribution in [2.45, 2.75) is 0 Å². The van der Waals surface area contributed by atoms with E-state index in [2.05, 4.69) is 0 Å². The summed E-state index contributed by atoms with van der Waals surface area (Å²) in [6, 6.07) is 4.97. The zero-order chi connectivity index (χ0) is 9.68. The van der Waals surface area contributed by atoms with Gasteiger partial charge in [-0.25, -0.2) is 0 Å². The van der Waals surface area contributed by atoms with E-state index in [1.165, 1.54) is 7.11 Å². The average Bonchev–Trinajstić information content (AvgIpc) is 2.15. The van der Waals surface area contributed by atoms with Crippen molar-refractivity contribution in [3.63, 3.8) is 0 Å². The highest BCUT2D eigenvalue weighted by atomic mass is 35.5. The molecule has 70 valence electrons. The van der Waals surface area contributed by atoms with Crippen molar-refractivity contribution in [2.24, 2.45) is 0 Å². The van der Waals surface area contributed by atoms with Crippen molar-refractivity contribution in [2.75, 3.05) is 13.9 Å². The van der Waals surface area contributed by atoms with Crippen LogP contribution in [0.1, 0.15) is 10.4 Å². The van der Waals surface area contributed by atoms with Gasteiger partial charge >= 0.3 is 0 Å². The minimum atomic E-state index is 0.0740. The van der Waals surface area contributed by atoms with Gasteiger partial charge in [-0.1, -0.05) is 17.7 Å². The molecule has 3 nitrogen and oxygen atoms in total. The van der Waals surface area contributed by atoms with Crippen LogP contribution in [0.4, 0.5) is 0 Å². The lowest BCUT2D eigenvalue weighted by Gasteiger charge is -2.08. The van der Waals surface area contributed by atoms with E-state index in [1.54, 1.807) is 18.2 Å². The lowest BCUT2D eigenvalue weighted by Crippen LogP contribution is -2.01. The minimum absolute atomic E-state index is 0.0740. The molecular formula is C9H9ClO3. The molecule has 13 heavy (non-hydrogen) atoms. The van der Waals surface area contributed by atoms with E-state index < -0.39 is 0 Å². The standard InChI is InChI=1S/C9H9ClO3/c1-12-6-13-9-7(5-11)3-2-4-8(9)10/h2-5H,6H2,1H3. The van der Waals surface area contributed by atoms with Crippen LogP contribution in [0.5, 0.6) is 5.75 Å². The molecule has 1 aromatic rings. The number of aldehydes is 1. The molecular weight excluding hydrogens is 192 g/mol. The van der Waals surface area contributed by atoms with Gasteiger partial charge in [-0.05, 0) is 12.1 Å². The van der Waals surface area contributed by atoms with Crippen LogP contribution in [0.3, 0.4) is 0 Å². The van der Waals surface area contributed by atoms with Crippen LogP contribution < -0.4 is 4.74 Å². The van der Waals surface area contributed by atoms with Crippen molar-refractivity contribution in [1.82, 2.24) is 0 Å². The molecule has 0 saturated carbocycles. The van der Waals surface area contributed by atoms with Crippen molar-refractivity contribution in [1.29, 1.82) is 0 Å². The Balaban J connectivity index is 2.93. The lowest BCUT2D eigenvalue weighted by atomic mass is 10.2. The maximum Gasteiger partial charge on any atom is 0.188 e. The number of para-hydroxylation sites is 1. The molecule has 0 N–H and O–H groups in total. The van der Waals surface area contributed by atoms with Crippen LogP contribution in [0.2, 0.25) is 5.02 Å². The molecule has 0 heterocycles. The molecule has 1 rings (SSSR count). The van der Waals surface area contributed by atoms with Gasteiger partial charge in [0.05, 0.1) is 10.6 Å². The van der Waals surface area contributed by atoms with Crippen molar-refractivity contribution in [3.8, 4) is 5.75 Å². The molecule has 0 spiro atoms. The summed E-state index contributed by atoms with van der Waals surface area (Å²) in [5.74, 6) is 0.362. The number of benzene rings is 1. The Bertz CT molecular complexity index is 299. The number of hydrogen-bond donors (Lipinski definition) is 0. The monoisotopic (exact) mass is 200 g/mol. The van der Waals surface area contributed by atoms with Crippen molar-refractivity contribution >= 4 is 17.9 Å². The highest BCUT2D eigenvalue weighted by molar-refractivity contribution is 6.32. The highest BCUT2D eigenvalue weighted by Crippen LogP contribution is 2.27. The Morgan fingerprint density at radius 2 is 2.31 bits per heavy atom. The zero-order valence-electron chi connectivity index (χ0n) is 7.12. The molecule has 0 unspecified atom stereocenters. The first-order valence-electron chi connectivity index (χ1n) is 3.65. The van der Waals surface area contributed by atoms with E-state index in [4.69, 9.17) is 21.1 Å². The van der Waals surface area contributed by atoms with E-state index >= 15 is 0 Å². The Kier molecular flexibility index (Phi) is 3.73. The fraction of sp³-hybridized carbons (Fsp3) is 0.222. The number of rotatable bonds is 4. The third-order valence-electron chi connectivity index (χ3n) is 1.45. The molecule has 0 aliphatic carbocycles. The summed E-state index contributed by atoms with van der Waals surface area (Å²) in [5.41, 5.74) is 0.421. The summed E-state index contributed by atoms with van der Waals surface area (Å²) in [5, 5.41) is 0.404. The number of carbonyl (C=O) groups is 1. The van der Waals surface area contributed by atoms with E-state index in [1.807, 2.05) is 0 Å². The van der Waals surface area contributed by atoms with Gasteiger partial charge in [-0.3, -0.25) is 4.79 Å². The topological polar surface area (TPSA) is 35.5 Å². The summed E-state index contributed by atoms with van der Waals surface area (Å²) in [6.07, 6.45) is 0.691. The van der Waals surface area contributed by atoms with Crippen LogP contribution in [0.25, 0.3) is 0 Å². The van der Waals surface area contributed by atoms with Crippen molar-refractivity contribution < 1.29 is 14.3 Å². The molecule has 4 heteroatoms. The summed E-state index contributed by atoms with van der Waals surface area (Å²) >= 11 is 5.80. The fourth-order valence-corrected chi connectivity index (χ4v) is 1.12. The van der Waals surface area contributed by atoms with E-state index in [9.17, 15) is 4.79 Å². The van der Waals surface area contributed by atoms with Gasteiger partial charge in [-0.2, -0.15) is 0 Å². The second kappa shape index (κ2) is 4.84. The average molecular weight is 201 g/mol. The lowest BCUT2D eigenvalue weighted by molar-refractivity contribution is 0.0506. The Morgan fingerprint density at radius 1 is 1.54 bits per heavy atom. The SMILES string of the molecule is COCOc1c(Cl)cccc1C=O. The summed E-state index contributed by atoms with van der Waals surface area (Å²) in [4.78, 5) is 10.6. The van der Waals surface area contributed by atoms with Gasteiger partial charge in [0.1, 0.15) is 0 Å². The van der Waals surface area contributed by atoms with Crippen LogP contribution in [0, 0.1) is 0 Å². The molecule has 0 saturated heterocycles. The van der Waals surface area contributed by atoms with Crippen LogP contribution >= 0.6 is 11.6 Å². The quantitative estimate of drug-likeness (QED) is 0.552. The number of hydrogen-bond acceptors (Lipinski definition) is 3. The minimum Gasteiger partial charge on any atom is -0.465 e. The first-order valence-corrected chi connectivity index (χ1v) is 4.03. The van der Waals surface area contributed by atoms with Crippen LogP contribution in [-0.2, 0) is 4.74 Å². The predicted octanol–water partition coefficient (Wildman–Crippen LogP) is 2.14. The number of carbonyl (C=O) groups excluding carboxylic acids is 1. The normalized spacial score (nSPS) is 9.69. The van der Waals surface area contributed by atoms with Gasteiger partial charge in [-0.15, -0.1) is 0 Å². The molecule has 0 fully saturated rings. The predicted molar refractivity (Wildman–Crippen MR) is 49.3 cm³/mol. The van der Waals surface area contributed by atoms with Gasteiger partial charge in [0.25, 0.3) is 0 Å². The molecule has 0 aliphatic rings. The molecule has 0 aromatic heterocycles. The molecule has 1 aromatic carbocycles. The maximum atomic E-state index is 10.6. The van der Waals surface area contributed by atoms with Crippen LogP contribution in [-0.4, -0.2) is 20.2 Å². The van der Waals surface area contributed by atoms with E-state index in [0.717, 1.165) is 0 Å². The Morgan fingerprint density at radius 3 is 2.92 bits per heavy atom. The maximum absolute atomic E-state index is 10.6. The molecule has 0 atom stereocenters. The Labute approximate surface area is 81.2 Å². The third kappa shape index (κ3) is 2.44. The fourth-order valence-electron chi connectivity index (χ4n) is 0.888. The van der Waals surface area contributed by atoms with Gasteiger partial charge in [0.15, 0.2) is 18.8 Å². The largest absolute Gasteiger partial charge is 0.465 e. The number of halogens is 1. The second-order valence-electron chi connectivity index (χ2n) is 2.33. The smallest absolute Gasteiger partial charge is 0.188 e. The first-order chi connectivity index (χ1) is 6.29. The number of methoxy groups -OCH3 is 1. The highest BCUT2D eigenvalue weighted by Gasteiger charge is 2.06. The van der Waals surface area contributed by atoms with E-state index in [0.29, 0.717) is 22.6 Å². The number of ether oxygens (including phenoxy) is 2. The molecule has 0 aliphatic heterocycles.